The molecule has 0 aliphatic heterocycles. The number of nitrogens with zero attached hydrogens (tertiary/aromatic N) is 3. The first kappa shape index (κ1) is 22.7. The van der Waals surface area contributed by atoms with Gasteiger partial charge in [0.05, 0.1) is 10.8 Å². The highest BCUT2D eigenvalue weighted by molar-refractivity contribution is 7.99. The highest BCUT2D eigenvalue weighted by Crippen LogP contribution is 2.26. The molecule has 1 N–H and O–H groups in total. The van der Waals surface area contributed by atoms with Crippen molar-refractivity contribution in [1.82, 2.24) is 14.8 Å². The van der Waals surface area contributed by atoms with Gasteiger partial charge >= 0.3 is 6.61 Å². The van der Waals surface area contributed by atoms with E-state index in [0.717, 1.165) is 17.8 Å². The van der Waals surface area contributed by atoms with Crippen molar-refractivity contribution < 1.29 is 22.7 Å². The summed E-state index contributed by atoms with van der Waals surface area (Å²) in [6.45, 7) is 1.18. The maximum atomic E-state index is 13.2. The minimum atomic E-state index is -2.91. The van der Waals surface area contributed by atoms with Crippen molar-refractivity contribution in [2.75, 3.05) is 11.1 Å². The summed E-state index contributed by atoms with van der Waals surface area (Å²) in [5, 5.41) is 11.3. The molecule has 0 atom stereocenters. The Morgan fingerprint density at radius 1 is 1.26 bits per heavy atom. The second kappa shape index (κ2) is 10.4. The van der Waals surface area contributed by atoms with Gasteiger partial charge in [-0.05, 0) is 42.5 Å². The molecule has 2 aromatic carbocycles. The first-order chi connectivity index (χ1) is 14.9. The van der Waals surface area contributed by atoms with Crippen LogP contribution in [0.1, 0.15) is 0 Å². The number of alkyl halides is 2. The second-order valence-electron chi connectivity index (χ2n) is 6.07. The molecule has 11 heteroatoms. The van der Waals surface area contributed by atoms with E-state index in [1.165, 1.54) is 24.3 Å². The lowest BCUT2D eigenvalue weighted by molar-refractivity contribution is -0.113. The summed E-state index contributed by atoms with van der Waals surface area (Å²) < 4.78 is 43.9. The molecule has 0 saturated heterocycles. The molecule has 0 spiro atoms. The predicted molar refractivity (Wildman–Crippen MR) is 113 cm³/mol. The Balaban J connectivity index is 1.70. The summed E-state index contributed by atoms with van der Waals surface area (Å²) in [4.78, 5) is 12.2. The molecule has 0 aliphatic rings. The fourth-order valence-corrected chi connectivity index (χ4v) is 3.52. The highest BCUT2D eigenvalue weighted by atomic mass is 35.5. The Kier molecular flexibility index (Phi) is 7.59. The molecule has 1 heterocycles. The minimum Gasteiger partial charge on any atom is -0.435 e. The molecular weight excluding hydrogens is 453 g/mol. The van der Waals surface area contributed by atoms with Gasteiger partial charge in [-0.3, -0.25) is 9.36 Å². The van der Waals surface area contributed by atoms with E-state index in [2.05, 4.69) is 26.8 Å². The number of nitrogens with one attached hydrogen (secondary N) is 1. The van der Waals surface area contributed by atoms with Gasteiger partial charge < -0.3 is 10.1 Å². The number of thioether (sulfide) groups is 1. The van der Waals surface area contributed by atoms with Crippen molar-refractivity contribution in [3.8, 4) is 17.1 Å². The van der Waals surface area contributed by atoms with Gasteiger partial charge in [-0.25, -0.2) is 4.39 Å². The van der Waals surface area contributed by atoms with Crippen LogP contribution in [0.3, 0.4) is 0 Å². The van der Waals surface area contributed by atoms with E-state index < -0.39 is 12.4 Å². The molecule has 0 fully saturated rings. The van der Waals surface area contributed by atoms with E-state index in [-0.39, 0.29) is 22.4 Å². The van der Waals surface area contributed by atoms with Crippen molar-refractivity contribution in [1.29, 1.82) is 0 Å². The number of aromatic nitrogens is 3. The molecule has 3 aromatic rings. The Morgan fingerprint density at radius 3 is 2.65 bits per heavy atom. The second-order valence-corrected chi connectivity index (χ2v) is 7.42. The molecule has 0 aliphatic carbocycles. The van der Waals surface area contributed by atoms with Crippen molar-refractivity contribution >= 4 is 35.0 Å². The normalized spacial score (nSPS) is 10.9. The van der Waals surface area contributed by atoms with Crippen LogP contribution in [0, 0.1) is 5.82 Å². The molecule has 3 rings (SSSR count). The summed E-state index contributed by atoms with van der Waals surface area (Å²) in [6.07, 6.45) is 1.64. The lowest BCUT2D eigenvalue weighted by Crippen LogP contribution is -2.14. The van der Waals surface area contributed by atoms with Crippen LogP contribution in [0.5, 0.6) is 5.75 Å². The number of ether oxygens (including phenoxy) is 1. The molecule has 1 aromatic heterocycles. The topological polar surface area (TPSA) is 69.0 Å². The number of benzene rings is 2. The van der Waals surface area contributed by atoms with Gasteiger partial charge in [0.2, 0.25) is 5.91 Å². The van der Waals surface area contributed by atoms with Crippen LogP contribution >= 0.6 is 23.4 Å². The van der Waals surface area contributed by atoms with Crippen LogP contribution in [0.25, 0.3) is 11.4 Å². The average Bonchev–Trinajstić information content (AvgIpc) is 3.12. The first-order valence-corrected chi connectivity index (χ1v) is 10.2. The summed E-state index contributed by atoms with van der Waals surface area (Å²) in [5.74, 6) is -0.382. The molecule has 6 nitrogen and oxygen atoms in total. The third-order valence-corrected chi connectivity index (χ3v) is 5.16. The van der Waals surface area contributed by atoms with Gasteiger partial charge in [-0.1, -0.05) is 29.4 Å². The molecule has 162 valence electrons. The van der Waals surface area contributed by atoms with Crippen LogP contribution in [0.2, 0.25) is 5.02 Å². The van der Waals surface area contributed by atoms with Crippen LogP contribution in [0.4, 0.5) is 18.9 Å². The van der Waals surface area contributed by atoms with Crippen LogP contribution in [-0.2, 0) is 11.3 Å². The van der Waals surface area contributed by atoms with E-state index in [1.54, 1.807) is 22.8 Å². The van der Waals surface area contributed by atoms with Gasteiger partial charge in [0.25, 0.3) is 0 Å². The zero-order chi connectivity index (χ0) is 22.4. The van der Waals surface area contributed by atoms with Crippen LogP contribution < -0.4 is 10.1 Å². The van der Waals surface area contributed by atoms with E-state index >= 15 is 0 Å². The van der Waals surface area contributed by atoms with Crippen molar-refractivity contribution in [2.45, 2.75) is 18.3 Å². The van der Waals surface area contributed by atoms with Gasteiger partial charge in [-0.15, -0.1) is 16.8 Å². The van der Waals surface area contributed by atoms with Gasteiger partial charge in [0, 0.05) is 17.8 Å². The summed E-state index contributed by atoms with van der Waals surface area (Å²) >= 11 is 6.86. The zero-order valence-electron chi connectivity index (χ0n) is 15.9. The molecule has 0 saturated carbocycles. The van der Waals surface area contributed by atoms with Crippen molar-refractivity contribution in [3.63, 3.8) is 0 Å². The smallest absolute Gasteiger partial charge is 0.387 e. The predicted octanol–water partition coefficient (Wildman–Crippen LogP) is 5.26. The number of halogens is 4. The molecule has 1 amide bonds. The van der Waals surface area contributed by atoms with E-state index in [0.29, 0.717) is 28.8 Å². The quantitative estimate of drug-likeness (QED) is 0.343. The number of amides is 1. The number of allylic oxidation sites excluding steroid dienone is 1. The third kappa shape index (κ3) is 6.02. The van der Waals surface area contributed by atoms with Gasteiger partial charge in [0.15, 0.2) is 11.0 Å². The molecule has 0 radical (unpaired) electrons. The summed E-state index contributed by atoms with van der Waals surface area (Å²) in [7, 11) is 0. The SMILES string of the molecule is C=CCn1c(SCC(=O)Nc2ccc(F)c(Cl)c2)nnc1-c1ccc(OC(F)F)cc1. The maximum absolute atomic E-state index is 13.2. The zero-order valence-corrected chi connectivity index (χ0v) is 17.5. The van der Waals surface area contributed by atoms with Crippen molar-refractivity contribution in [2.24, 2.45) is 0 Å². The Labute approximate surface area is 185 Å². The van der Waals surface area contributed by atoms with Crippen molar-refractivity contribution in [3.05, 3.63) is 66.0 Å². The Hall–Kier alpha value is -2.98. The van der Waals surface area contributed by atoms with Crippen LogP contribution in [-0.4, -0.2) is 33.0 Å². The Morgan fingerprint density at radius 2 is 2.00 bits per heavy atom. The molecule has 0 bridgehead atoms. The van der Waals surface area contributed by atoms with E-state index in [1.807, 2.05) is 0 Å². The van der Waals surface area contributed by atoms with E-state index in [9.17, 15) is 18.0 Å². The molecular formula is C20H16ClF3N4O2S. The maximum Gasteiger partial charge on any atom is 0.387 e. The average molecular weight is 469 g/mol. The van der Waals surface area contributed by atoms with Gasteiger partial charge in [0.1, 0.15) is 11.6 Å². The molecule has 0 unspecified atom stereocenters. The minimum absolute atomic E-state index is 0.0193. The van der Waals surface area contributed by atoms with E-state index in [4.69, 9.17) is 11.6 Å². The summed E-state index contributed by atoms with van der Waals surface area (Å²) in [5.41, 5.74) is 1.00. The van der Waals surface area contributed by atoms with Gasteiger partial charge in [-0.2, -0.15) is 8.78 Å². The standard InChI is InChI=1S/C20H16ClF3N4O2S/c1-2-9-28-18(12-3-6-14(7-4-12)30-19(23)24)26-27-20(28)31-11-17(29)25-13-5-8-16(22)15(21)10-13/h2-8,10,19H,1,9,11H2,(H,25,29). The fraction of sp³-hybridized carbons (Fsp3) is 0.150. The fourth-order valence-electron chi connectivity index (χ4n) is 2.59. The number of hydrogen-bond donors (Lipinski definition) is 1. The lowest BCUT2D eigenvalue weighted by Gasteiger charge is -2.09. The largest absolute Gasteiger partial charge is 0.435 e. The number of rotatable bonds is 9. The monoisotopic (exact) mass is 468 g/mol. The number of carbonyl (C=O) groups is 1. The number of hydrogen-bond acceptors (Lipinski definition) is 5. The first-order valence-electron chi connectivity index (χ1n) is 8.84. The summed E-state index contributed by atoms with van der Waals surface area (Å²) in [6, 6.07) is 9.87. The highest BCUT2D eigenvalue weighted by Gasteiger charge is 2.16. The number of carbonyl (C=O) groups excluding carboxylic acids is 1. The Bertz CT molecular complexity index is 1080. The third-order valence-electron chi connectivity index (χ3n) is 3.90. The lowest BCUT2D eigenvalue weighted by atomic mass is 10.2. The number of anilines is 1. The van der Waals surface area contributed by atoms with Crippen LogP contribution in [0.15, 0.2) is 60.3 Å². The molecule has 31 heavy (non-hydrogen) atoms.